The summed E-state index contributed by atoms with van der Waals surface area (Å²) in [6.45, 7) is 2.20. The average molecular weight is 423 g/mol. The van der Waals surface area contributed by atoms with Crippen molar-refractivity contribution in [3.63, 3.8) is 0 Å². The maximum absolute atomic E-state index is 12.9. The molecule has 0 aliphatic heterocycles. The molecule has 0 aromatic heterocycles. The Bertz CT molecular complexity index is 725. The van der Waals surface area contributed by atoms with Crippen LogP contribution in [0.4, 0.5) is 9.18 Å². The van der Waals surface area contributed by atoms with Gasteiger partial charge in [-0.1, -0.05) is 44.2 Å². The first-order chi connectivity index (χ1) is 14.1. The lowest BCUT2D eigenvalue weighted by Gasteiger charge is -2.24. The highest BCUT2D eigenvalue weighted by Crippen LogP contribution is 2.08. The monoisotopic (exact) mass is 423 g/mol. The van der Waals surface area contributed by atoms with E-state index in [2.05, 4.69) is 10.6 Å². The van der Waals surface area contributed by atoms with Crippen molar-refractivity contribution in [1.82, 2.24) is 15.5 Å². The normalized spacial score (nSPS) is 12.6. The van der Waals surface area contributed by atoms with Crippen LogP contribution in [-0.4, -0.2) is 61.4 Å². The number of Topliss-reactive ketones (excluding diaryl/α,β-unsaturated/α-hetero) is 1. The first-order valence-corrected chi connectivity index (χ1v) is 9.72. The van der Waals surface area contributed by atoms with Gasteiger partial charge in [0.2, 0.25) is 11.8 Å². The van der Waals surface area contributed by atoms with E-state index >= 15 is 0 Å². The zero-order valence-electron chi connectivity index (χ0n) is 17.8. The van der Waals surface area contributed by atoms with E-state index in [-0.39, 0.29) is 31.3 Å². The summed E-state index contributed by atoms with van der Waals surface area (Å²) in [6, 6.07) is 6.89. The molecule has 1 rings (SSSR count). The number of hydrogen-bond donors (Lipinski definition) is 2. The molecule has 0 unspecified atom stereocenters. The highest BCUT2D eigenvalue weighted by Gasteiger charge is 2.29. The van der Waals surface area contributed by atoms with Gasteiger partial charge in [0.25, 0.3) is 0 Å². The molecule has 8 nitrogen and oxygen atoms in total. The second kappa shape index (κ2) is 12.6. The molecule has 0 bridgehead atoms. The van der Waals surface area contributed by atoms with E-state index in [9.17, 15) is 23.6 Å². The van der Waals surface area contributed by atoms with E-state index in [0.29, 0.717) is 0 Å². The van der Waals surface area contributed by atoms with Crippen molar-refractivity contribution in [2.45, 2.75) is 45.4 Å². The number of benzene rings is 1. The number of carbonyl (C=O) groups excluding carboxylic acids is 4. The fourth-order valence-corrected chi connectivity index (χ4v) is 2.59. The molecule has 30 heavy (non-hydrogen) atoms. The van der Waals surface area contributed by atoms with E-state index in [1.165, 1.54) is 4.90 Å². The van der Waals surface area contributed by atoms with Crippen LogP contribution < -0.4 is 10.6 Å². The molecule has 166 valence electrons. The molecule has 2 N–H and O–H groups in total. The van der Waals surface area contributed by atoms with Gasteiger partial charge in [-0.15, -0.1) is 0 Å². The van der Waals surface area contributed by atoms with Gasteiger partial charge in [-0.3, -0.25) is 14.4 Å². The van der Waals surface area contributed by atoms with Gasteiger partial charge in [-0.25, -0.2) is 9.18 Å². The number of halogens is 1. The predicted molar refractivity (Wildman–Crippen MR) is 109 cm³/mol. The molecule has 3 amide bonds. The van der Waals surface area contributed by atoms with E-state index in [1.54, 1.807) is 40.1 Å². The summed E-state index contributed by atoms with van der Waals surface area (Å²) in [6.07, 6.45) is -0.846. The molecule has 0 saturated carbocycles. The van der Waals surface area contributed by atoms with Gasteiger partial charge in [0.05, 0.1) is 6.04 Å². The van der Waals surface area contributed by atoms with Crippen LogP contribution >= 0.6 is 0 Å². The van der Waals surface area contributed by atoms with Crippen molar-refractivity contribution in [1.29, 1.82) is 0 Å². The summed E-state index contributed by atoms with van der Waals surface area (Å²) in [5, 5.41) is 4.93. The summed E-state index contributed by atoms with van der Waals surface area (Å²) in [4.78, 5) is 49.7. The molecule has 1 aromatic rings. The summed E-state index contributed by atoms with van der Waals surface area (Å²) in [5.74, 6) is -2.04. The number of carbonyl (C=O) groups is 4. The topological polar surface area (TPSA) is 105 Å². The number of nitrogens with zero attached hydrogens (tertiary/aromatic N) is 1. The number of ether oxygens (including phenoxy) is 1. The van der Waals surface area contributed by atoms with Crippen molar-refractivity contribution >= 4 is 23.7 Å². The Morgan fingerprint density at radius 1 is 1.07 bits per heavy atom. The summed E-state index contributed by atoms with van der Waals surface area (Å²) in [5.41, 5.74) is 0.789. The van der Waals surface area contributed by atoms with Crippen LogP contribution in [0.2, 0.25) is 0 Å². The van der Waals surface area contributed by atoms with Gasteiger partial charge in [0.1, 0.15) is 19.3 Å². The second-order valence-electron chi connectivity index (χ2n) is 7.42. The quantitative estimate of drug-likeness (QED) is 0.565. The first-order valence-electron chi connectivity index (χ1n) is 9.72. The van der Waals surface area contributed by atoms with Crippen LogP contribution in [0.15, 0.2) is 30.3 Å². The Morgan fingerprint density at radius 3 is 2.23 bits per heavy atom. The summed E-state index contributed by atoms with van der Waals surface area (Å²) >= 11 is 0. The van der Waals surface area contributed by atoms with E-state index in [0.717, 1.165) is 5.56 Å². The van der Waals surface area contributed by atoms with Crippen molar-refractivity contribution in [2.75, 3.05) is 20.8 Å². The molecule has 2 atom stereocenters. The SMILES string of the molecule is CC(C)[C@H](NC(=O)OCc1ccccc1)C(=O)N[C@@H](CCC(=O)N(C)C)C(=O)CF. The zero-order valence-corrected chi connectivity index (χ0v) is 17.8. The van der Waals surface area contributed by atoms with Crippen LogP contribution in [0, 0.1) is 5.92 Å². The lowest BCUT2D eigenvalue weighted by Crippen LogP contribution is -2.54. The fraction of sp³-hybridized carbons (Fsp3) is 0.524. The third-order valence-electron chi connectivity index (χ3n) is 4.42. The Kier molecular flexibility index (Phi) is 10.5. The Balaban J connectivity index is 2.71. The van der Waals surface area contributed by atoms with Crippen molar-refractivity contribution in [2.24, 2.45) is 5.92 Å². The molecule has 9 heteroatoms. The van der Waals surface area contributed by atoms with Crippen LogP contribution in [0.3, 0.4) is 0 Å². The van der Waals surface area contributed by atoms with Gasteiger partial charge >= 0.3 is 6.09 Å². The zero-order chi connectivity index (χ0) is 22.7. The number of ketones is 1. The maximum Gasteiger partial charge on any atom is 0.408 e. The molecule has 0 aliphatic rings. The smallest absolute Gasteiger partial charge is 0.408 e. The fourth-order valence-electron chi connectivity index (χ4n) is 2.59. The van der Waals surface area contributed by atoms with Crippen LogP contribution in [0.5, 0.6) is 0 Å². The lowest BCUT2D eigenvalue weighted by atomic mass is 10.0. The number of rotatable bonds is 11. The standard InChI is InChI=1S/C21H30FN3O5/c1-14(2)19(24-21(29)30-13-15-8-6-5-7-9-15)20(28)23-16(17(26)12-22)10-11-18(27)25(3)4/h5-9,14,16,19H,10-13H2,1-4H3,(H,23,28)(H,24,29)/t16-,19-/m0/s1. The number of alkyl halides is 1. The van der Waals surface area contributed by atoms with Crippen molar-refractivity contribution < 1.29 is 28.3 Å². The van der Waals surface area contributed by atoms with Gasteiger partial charge in [-0.05, 0) is 17.9 Å². The van der Waals surface area contributed by atoms with Crippen molar-refractivity contribution in [3.05, 3.63) is 35.9 Å². The van der Waals surface area contributed by atoms with Crippen LogP contribution in [0.1, 0.15) is 32.3 Å². The molecular formula is C21H30FN3O5. The lowest BCUT2D eigenvalue weighted by molar-refractivity contribution is -0.132. The highest BCUT2D eigenvalue weighted by atomic mass is 19.1. The Morgan fingerprint density at radius 2 is 1.70 bits per heavy atom. The van der Waals surface area contributed by atoms with E-state index < -0.39 is 36.5 Å². The van der Waals surface area contributed by atoms with Gasteiger partial charge < -0.3 is 20.3 Å². The highest BCUT2D eigenvalue weighted by molar-refractivity contribution is 5.93. The van der Waals surface area contributed by atoms with Gasteiger partial charge in [0.15, 0.2) is 5.78 Å². The third-order valence-corrected chi connectivity index (χ3v) is 4.42. The molecule has 1 aromatic carbocycles. The third kappa shape index (κ3) is 8.59. The van der Waals surface area contributed by atoms with Crippen molar-refractivity contribution in [3.8, 4) is 0 Å². The number of nitrogens with one attached hydrogen (secondary N) is 2. The maximum atomic E-state index is 12.9. The minimum absolute atomic E-state index is 0.0252. The number of amides is 3. The van der Waals surface area contributed by atoms with E-state index in [1.807, 2.05) is 18.2 Å². The van der Waals surface area contributed by atoms with E-state index in [4.69, 9.17) is 4.74 Å². The molecule has 0 saturated heterocycles. The van der Waals surface area contributed by atoms with Crippen LogP contribution in [-0.2, 0) is 25.7 Å². The van der Waals surface area contributed by atoms with Gasteiger partial charge in [-0.2, -0.15) is 0 Å². The minimum Gasteiger partial charge on any atom is -0.445 e. The predicted octanol–water partition coefficient (Wildman–Crippen LogP) is 1.83. The molecular weight excluding hydrogens is 393 g/mol. The molecule has 0 aliphatic carbocycles. The molecule has 0 radical (unpaired) electrons. The van der Waals surface area contributed by atoms with Gasteiger partial charge in [0, 0.05) is 20.5 Å². The van der Waals surface area contributed by atoms with Crippen LogP contribution in [0.25, 0.3) is 0 Å². The molecule has 0 heterocycles. The minimum atomic E-state index is -1.26. The largest absolute Gasteiger partial charge is 0.445 e. The Labute approximate surface area is 176 Å². The summed E-state index contributed by atoms with van der Waals surface area (Å²) < 4.78 is 18.0. The number of alkyl carbamates (subject to hydrolysis) is 1. The number of hydrogen-bond acceptors (Lipinski definition) is 5. The Hall–Kier alpha value is -2.97. The molecule has 0 fully saturated rings. The average Bonchev–Trinajstić information content (AvgIpc) is 2.72. The molecule has 0 spiro atoms. The summed E-state index contributed by atoms with van der Waals surface area (Å²) in [7, 11) is 3.12. The first kappa shape index (κ1) is 25.1. The second-order valence-corrected chi connectivity index (χ2v) is 7.42.